The average molecular weight is 291 g/mol. The van der Waals surface area contributed by atoms with Crippen LogP contribution in [0.3, 0.4) is 0 Å². The lowest BCUT2D eigenvalue weighted by atomic mass is 10.2. The zero-order valence-corrected chi connectivity index (χ0v) is 12.1. The minimum absolute atomic E-state index is 0.333. The summed E-state index contributed by atoms with van der Waals surface area (Å²) in [6.07, 6.45) is 2.25. The van der Waals surface area contributed by atoms with E-state index in [2.05, 4.69) is 10.3 Å². The van der Waals surface area contributed by atoms with E-state index >= 15 is 0 Å². The summed E-state index contributed by atoms with van der Waals surface area (Å²) in [6.45, 7) is 3.29. The van der Waals surface area contributed by atoms with Gasteiger partial charge < -0.3 is 15.2 Å². The summed E-state index contributed by atoms with van der Waals surface area (Å²) >= 11 is 0. The van der Waals surface area contributed by atoms with Crippen LogP contribution < -0.4 is 10.1 Å². The fourth-order valence-electron chi connectivity index (χ4n) is 2.06. The summed E-state index contributed by atoms with van der Waals surface area (Å²) in [6, 6.07) is 2.52. The topological polar surface area (TPSA) is 92.9 Å². The molecular formula is C14H17N3O4. The van der Waals surface area contributed by atoms with E-state index in [1.54, 1.807) is 22.7 Å². The number of carbonyl (C=O) groups is 2. The van der Waals surface area contributed by atoms with Gasteiger partial charge in [-0.15, -0.1) is 0 Å². The number of aromatic nitrogens is 2. The van der Waals surface area contributed by atoms with Crippen LogP contribution >= 0.6 is 0 Å². The first-order valence-corrected chi connectivity index (χ1v) is 6.57. The largest absolute Gasteiger partial charge is 0.493 e. The van der Waals surface area contributed by atoms with Gasteiger partial charge in [-0.3, -0.25) is 14.0 Å². The Kier molecular flexibility index (Phi) is 4.11. The Bertz CT molecular complexity index is 693. The lowest BCUT2D eigenvalue weighted by Gasteiger charge is -2.10. The standard InChI is InChI=1S/C14H17N3O4/c1-4-9-11(13(18)15-8(2)14(19)20)17-7-5-6-10(21-3)12(17)16-9/h5-8H,4H2,1-3H3,(H,15,18)(H,19,20). The molecule has 1 atom stereocenters. The maximum Gasteiger partial charge on any atom is 0.325 e. The van der Waals surface area contributed by atoms with Crippen LogP contribution in [0.25, 0.3) is 5.65 Å². The van der Waals surface area contributed by atoms with Crippen molar-refractivity contribution < 1.29 is 19.4 Å². The molecule has 2 aromatic heterocycles. The van der Waals surface area contributed by atoms with E-state index < -0.39 is 17.9 Å². The van der Waals surface area contributed by atoms with Crippen LogP contribution in [0.1, 0.15) is 30.0 Å². The molecule has 7 nitrogen and oxygen atoms in total. The van der Waals surface area contributed by atoms with Crippen molar-refractivity contribution in [2.45, 2.75) is 26.3 Å². The Balaban J connectivity index is 2.52. The molecule has 2 rings (SSSR count). The van der Waals surface area contributed by atoms with Crippen molar-refractivity contribution in [3.05, 3.63) is 29.7 Å². The Morgan fingerprint density at radius 3 is 2.81 bits per heavy atom. The number of nitrogens with one attached hydrogen (secondary N) is 1. The second-order valence-electron chi connectivity index (χ2n) is 4.56. The van der Waals surface area contributed by atoms with Gasteiger partial charge >= 0.3 is 5.97 Å². The molecule has 7 heteroatoms. The fourth-order valence-corrected chi connectivity index (χ4v) is 2.06. The summed E-state index contributed by atoms with van der Waals surface area (Å²) in [4.78, 5) is 27.6. The minimum atomic E-state index is -1.09. The van der Waals surface area contributed by atoms with Crippen molar-refractivity contribution in [1.82, 2.24) is 14.7 Å². The van der Waals surface area contributed by atoms with Gasteiger partial charge in [0.2, 0.25) is 0 Å². The molecule has 0 aliphatic rings. The van der Waals surface area contributed by atoms with Gasteiger partial charge in [0.05, 0.1) is 12.8 Å². The number of hydrogen-bond donors (Lipinski definition) is 2. The smallest absolute Gasteiger partial charge is 0.325 e. The highest BCUT2D eigenvalue weighted by molar-refractivity contribution is 5.97. The number of methoxy groups -OCH3 is 1. The van der Waals surface area contributed by atoms with Crippen molar-refractivity contribution >= 4 is 17.5 Å². The maximum atomic E-state index is 12.3. The molecule has 0 aliphatic heterocycles. The molecule has 0 saturated carbocycles. The van der Waals surface area contributed by atoms with Crippen LogP contribution in [-0.4, -0.2) is 39.5 Å². The number of pyridine rings is 1. The summed E-state index contributed by atoms with van der Waals surface area (Å²) < 4.78 is 6.84. The highest BCUT2D eigenvalue weighted by Gasteiger charge is 2.23. The number of fused-ring (bicyclic) bond motifs is 1. The van der Waals surface area contributed by atoms with Gasteiger partial charge in [-0.25, -0.2) is 4.98 Å². The van der Waals surface area contributed by atoms with Gasteiger partial charge in [0.15, 0.2) is 11.4 Å². The van der Waals surface area contributed by atoms with Crippen LogP contribution in [0.2, 0.25) is 0 Å². The van der Waals surface area contributed by atoms with E-state index in [1.807, 2.05) is 6.92 Å². The molecule has 21 heavy (non-hydrogen) atoms. The zero-order chi connectivity index (χ0) is 15.6. The number of nitrogens with zero attached hydrogens (tertiary/aromatic N) is 2. The normalized spacial score (nSPS) is 12.1. The van der Waals surface area contributed by atoms with Crippen molar-refractivity contribution in [2.24, 2.45) is 0 Å². The van der Waals surface area contributed by atoms with E-state index in [-0.39, 0.29) is 0 Å². The second kappa shape index (κ2) is 5.82. The molecule has 2 N–H and O–H groups in total. The van der Waals surface area contributed by atoms with Crippen molar-refractivity contribution in [3.63, 3.8) is 0 Å². The van der Waals surface area contributed by atoms with Gasteiger partial charge in [0, 0.05) is 6.20 Å². The predicted octanol–water partition coefficient (Wildman–Crippen LogP) is 1.11. The lowest BCUT2D eigenvalue weighted by Crippen LogP contribution is -2.39. The number of hydrogen-bond acceptors (Lipinski definition) is 4. The molecule has 0 radical (unpaired) electrons. The molecular weight excluding hydrogens is 274 g/mol. The molecule has 0 bridgehead atoms. The van der Waals surface area contributed by atoms with E-state index in [9.17, 15) is 9.59 Å². The molecule has 0 saturated heterocycles. The highest BCUT2D eigenvalue weighted by Crippen LogP contribution is 2.22. The first kappa shape index (κ1) is 14.8. The van der Waals surface area contributed by atoms with Gasteiger partial charge in [0.25, 0.3) is 5.91 Å². The Labute approximate surface area is 121 Å². The van der Waals surface area contributed by atoms with E-state index in [0.717, 1.165) is 0 Å². The summed E-state index contributed by atoms with van der Waals surface area (Å²) in [5, 5.41) is 11.3. The number of amides is 1. The van der Waals surface area contributed by atoms with E-state index in [0.29, 0.717) is 29.2 Å². The first-order valence-electron chi connectivity index (χ1n) is 6.57. The highest BCUT2D eigenvalue weighted by atomic mass is 16.5. The molecule has 1 amide bonds. The minimum Gasteiger partial charge on any atom is -0.493 e. The number of aliphatic carboxylic acids is 1. The van der Waals surface area contributed by atoms with E-state index in [4.69, 9.17) is 9.84 Å². The average Bonchev–Trinajstić information content (AvgIpc) is 2.85. The van der Waals surface area contributed by atoms with Crippen molar-refractivity contribution in [1.29, 1.82) is 0 Å². The van der Waals surface area contributed by atoms with Gasteiger partial charge in [-0.1, -0.05) is 6.92 Å². The summed E-state index contributed by atoms with van der Waals surface area (Å²) in [5.74, 6) is -1.01. The van der Waals surface area contributed by atoms with Crippen LogP contribution in [0, 0.1) is 0 Å². The van der Waals surface area contributed by atoms with Crippen LogP contribution in [-0.2, 0) is 11.2 Å². The number of ether oxygens (including phenoxy) is 1. The van der Waals surface area contributed by atoms with E-state index in [1.165, 1.54) is 14.0 Å². The third-order valence-electron chi connectivity index (χ3n) is 3.17. The number of carbonyl (C=O) groups excluding carboxylic acids is 1. The SMILES string of the molecule is CCc1nc2c(OC)cccn2c1C(=O)NC(C)C(=O)O. The van der Waals surface area contributed by atoms with Crippen molar-refractivity contribution in [3.8, 4) is 5.75 Å². The second-order valence-corrected chi connectivity index (χ2v) is 4.56. The quantitative estimate of drug-likeness (QED) is 0.860. The van der Waals surface area contributed by atoms with Crippen LogP contribution in [0.15, 0.2) is 18.3 Å². The fraction of sp³-hybridized carbons (Fsp3) is 0.357. The van der Waals surface area contributed by atoms with Crippen LogP contribution in [0.4, 0.5) is 0 Å². The monoisotopic (exact) mass is 291 g/mol. The molecule has 1 unspecified atom stereocenters. The Morgan fingerprint density at radius 1 is 1.52 bits per heavy atom. The zero-order valence-electron chi connectivity index (χ0n) is 12.1. The lowest BCUT2D eigenvalue weighted by molar-refractivity contribution is -0.138. The predicted molar refractivity (Wildman–Crippen MR) is 75.7 cm³/mol. The number of rotatable bonds is 5. The summed E-state index contributed by atoms with van der Waals surface area (Å²) in [7, 11) is 1.53. The molecule has 0 aromatic carbocycles. The van der Waals surface area contributed by atoms with Gasteiger partial charge in [-0.2, -0.15) is 0 Å². The summed E-state index contributed by atoms with van der Waals surface area (Å²) in [5.41, 5.74) is 1.46. The molecule has 2 aromatic rings. The Hall–Kier alpha value is -2.57. The molecule has 0 aliphatic carbocycles. The molecule has 0 fully saturated rings. The molecule has 112 valence electrons. The number of carboxylic acids is 1. The van der Waals surface area contributed by atoms with Crippen LogP contribution in [0.5, 0.6) is 5.75 Å². The molecule has 2 heterocycles. The number of aryl methyl sites for hydroxylation is 1. The maximum absolute atomic E-state index is 12.3. The van der Waals surface area contributed by atoms with Crippen molar-refractivity contribution in [2.75, 3.05) is 7.11 Å². The first-order chi connectivity index (χ1) is 9.99. The van der Waals surface area contributed by atoms with Gasteiger partial charge in [-0.05, 0) is 25.5 Å². The molecule has 0 spiro atoms. The van der Waals surface area contributed by atoms with Gasteiger partial charge in [0.1, 0.15) is 11.7 Å². The Morgan fingerprint density at radius 2 is 2.24 bits per heavy atom. The third kappa shape index (κ3) is 2.67. The number of carboxylic acid groups (broad SMARTS) is 1. The number of imidazole rings is 1. The third-order valence-corrected chi connectivity index (χ3v) is 3.17.